The van der Waals surface area contributed by atoms with Crippen LogP contribution in [0.25, 0.3) is 0 Å². The first-order chi connectivity index (χ1) is 11.8. The topological polar surface area (TPSA) is 74.3 Å². The summed E-state index contributed by atoms with van der Waals surface area (Å²) in [5, 5.41) is 0. The van der Waals surface area contributed by atoms with Gasteiger partial charge in [0.15, 0.2) is 11.9 Å². The fourth-order valence-electron chi connectivity index (χ4n) is 3.68. The number of hydrogen-bond acceptors (Lipinski definition) is 6. The van der Waals surface area contributed by atoms with E-state index >= 15 is 0 Å². The smallest absolute Gasteiger partial charge is 0.410 e. The van der Waals surface area contributed by atoms with Gasteiger partial charge in [0.25, 0.3) is 0 Å². The molecule has 0 bridgehead atoms. The van der Waals surface area contributed by atoms with Crippen LogP contribution in [0.15, 0.2) is 12.2 Å². The Labute approximate surface area is 148 Å². The van der Waals surface area contributed by atoms with E-state index < -0.39 is 11.2 Å². The number of likely N-dealkylation sites (tertiary alicyclic amines) is 1. The van der Waals surface area contributed by atoms with E-state index in [0.717, 1.165) is 12.8 Å². The summed E-state index contributed by atoms with van der Waals surface area (Å²) in [5.41, 5.74) is -1.40. The lowest BCUT2D eigenvalue weighted by Crippen LogP contribution is -2.52. The monoisotopic (exact) mass is 353 g/mol. The molecule has 0 unspecified atom stereocenters. The van der Waals surface area contributed by atoms with Crippen molar-refractivity contribution in [3.63, 3.8) is 0 Å². The molecule has 2 saturated heterocycles. The highest BCUT2D eigenvalue weighted by molar-refractivity contribution is 5.85. The molecule has 3 aliphatic heterocycles. The third-order valence-electron chi connectivity index (χ3n) is 4.70. The molecule has 7 nitrogen and oxygen atoms in total. The number of amides is 1. The van der Waals surface area contributed by atoms with Gasteiger partial charge in [-0.2, -0.15) is 0 Å². The minimum absolute atomic E-state index is 0.230. The molecular formula is C18H27NO6. The van der Waals surface area contributed by atoms with Gasteiger partial charge in [0, 0.05) is 19.0 Å². The molecule has 2 atom stereocenters. The quantitative estimate of drug-likeness (QED) is 0.723. The normalized spacial score (nSPS) is 30.1. The Balaban J connectivity index is 1.74. The van der Waals surface area contributed by atoms with Crippen LogP contribution in [-0.4, -0.2) is 60.3 Å². The van der Waals surface area contributed by atoms with Crippen LogP contribution in [0.4, 0.5) is 4.79 Å². The van der Waals surface area contributed by atoms with Crippen molar-refractivity contribution >= 4 is 12.1 Å². The third kappa shape index (κ3) is 4.15. The number of hydrogen-bond donors (Lipinski definition) is 0. The highest BCUT2D eigenvalue weighted by atomic mass is 16.7. The van der Waals surface area contributed by atoms with Crippen molar-refractivity contribution in [2.45, 2.75) is 70.0 Å². The Kier molecular flexibility index (Phi) is 5.06. The van der Waals surface area contributed by atoms with Gasteiger partial charge in [-0.1, -0.05) is 0 Å². The molecule has 0 N–H and O–H groups in total. The van der Waals surface area contributed by atoms with Crippen LogP contribution in [0.2, 0.25) is 0 Å². The van der Waals surface area contributed by atoms with Gasteiger partial charge in [-0.3, -0.25) is 0 Å². The zero-order valence-corrected chi connectivity index (χ0v) is 15.2. The minimum Gasteiger partial charge on any atom is -0.449 e. The minimum atomic E-state index is -0.834. The Morgan fingerprint density at radius 2 is 2.08 bits per heavy atom. The zero-order valence-electron chi connectivity index (χ0n) is 15.2. The summed E-state index contributed by atoms with van der Waals surface area (Å²) in [6.07, 6.45) is 5.37. The second-order valence-electron chi connectivity index (χ2n) is 7.75. The van der Waals surface area contributed by atoms with Gasteiger partial charge < -0.3 is 23.8 Å². The lowest BCUT2D eigenvalue weighted by atomic mass is 9.87. The lowest BCUT2D eigenvalue weighted by Gasteiger charge is -2.39. The molecule has 0 spiro atoms. The molecule has 140 valence electrons. The van der Waals surface area contributed by atoms with Crippen molar-refractivity contribution in [2.24, 2.45) is 0 Å². The maximum absolute atomic E-state index is 12.6. The van der Waals surface area contributed by atoms with Gasteiger partial charge in [-0.15, -0.1) is 0 Å². The predicted molar refractivity (Wildman–Crippen MR) is 88.9 cm³/mol. The van der Waals surface area contributed by atoms with Gasteiger partial charge in [0.1, 0.15) is 5.60 Å². The van der Waals surface area contributed by atoms with Gasteiger partial charge in [0.2, 0.25) is 0 Å². The van der Waals surface area contributed by atoms with Crippen LogP contribution in [0.3, 0.4) is 0 Å². The third-order valence-corrected chi connectivity index (χ3v) is 4.70. The number of cyclic esters (lactones) is 1. The van der Waals surface area contributed by atoms with E-state index in [1.54, 1.807) is 11.0 Å². The molecule has 0 saturated carbocycles. The van der Waals surface area contributed by atoms with Crippen molar-refractivity contribution in [3.05, 3.63) is 12.2 Å². The predicted octanol–water partition coefficient (Wildman–Crippen LogP) is 2.39. The van der Waals surface area contributed by atoms with E-state index in [1.807, 2.05) is 20.8 Å². The van der Waals surface area contributed by atoms with E-state index in [4.69, 9.17) is 18.9 Å². The van der Waals surface area contributed by atoms with Gasteiger partial charge in [0.05, 0.1) is 19.3 Å². The van der Waals surface area contributed by atoms with E-state index in [0.29, 0.717) is 32.6 Å². The maximum atomic E-state index is 12.6. The van der Waals surface area contributed by atoms with Crippen LogP contribution < -0.4 is 0 Å². The average molecular weight is 353 g/mol. The van der Waals surface area contributed by atoms with Crippen LogP contribution in [0.1, 0.15) is 46.5 Å². The van der Waals surface area contributed by atoms with Crippen LogP contribution >= 0.6 is 0 Å². The lowest BCUT2D eigenvalue weighted by molar-refractivity contribution is -0.153. The number of carbonyl (C=O) groups is 2. The zero-order chi connectivity index (χ0) is 18.1. The first kappa shape index (κ1) is 18.2. The molecule has 0 aromatic carbocycles. The first-order valence-corrected chi connectivity index (χ1v) is 8.94. The van der Waals surface area contributed by atoms with E-state index in [-0.39, 0.29) is 24.4 Å². The maximum Gasteiger partial charge on any atom is 0.410 e. The standard InChI is InChI=1S/C18H27NO6/c1-17(2,3)25-16(21)19-10-4-5-13(19)18(8-6-14(20)24-18)9-7-15-22-11-12-23-15/h6,8,13,15H,4-5,7,9-12H2,1-3H3/t13-,18+/m0/s1. The Morgan fingerprint density at radius 3 is 2.68 bits per heavy atom. The summed E-state index contributed by atoms with van der Waals surface area (Å²) in [6.45, 7) is 7.30. The Hall–Kier alpha value is -1.60. The SMILES string of the molecule is CC(C)(C)OC(=O)N1CCC[C@H]1[C@]1(CCC2OCCO2)C=CC(=O)O1. The molecule has 3 heterocycles. The van der Waals surface area contributed by atoms with Crippen LogP contribution in [-0.2, 0) is 23.7 Å². The molecule has 7 heteroatoms. The largest absolute Gasteiger partial charge is 0.449 e. The summed E-state index contributed by atoms with van der Waals surface area (Å²) in [4.78, 5) is 26.1. The molecule has 25 heavy (non-hydrogen) atoms. The van der Waals surface area contributed by atoms with Crippen molar-refractivity contribution in [3.8, 4) is 0 Å². The first-order valence-electron chi connectivity index (χ1n) is 8.94. The van der Waals surface area contributed by atoms with Gasteiger partial charge in [-0.05, 0) is 46.1 Å². The van der Waals surface area contributed by atoms with Crippen molar-refractivity contribution in [1.82, 2.24) is 4.90 Å². The summed E-state index contributed by atoms with van der Waals surface area (Å²) in [5.74, 6) is -0.371. The molecule has 0 aromatic rings. The molecule has 2 fully saturated rings. The molecule has 3 aliphatic rings. The molecular weight excluding hydrogens is 326 g/mol. The van der Waals surface area contributed by atoms with Gasteiger partial charge in [-0.25, -0.2) is 9.59 Å². The molecule has 3 rings (SSSR count). The highest BCUT2D eigenvalue weighted by Crippen LogP contribution is 2.39. The molecule has 0 radical (unpaired) electrons. The van der Waals surface area contributed by atoms with Crippen molar-refractivity contribution in [1.29, 1.82) is 0 Å². The van der Waals surface area contributed by atoms with Gasteiger partial charge >= 0.3 is 12.1 Å². The molecule has 0 aliphatic carbocycles. The van der Waals surface area contributed by atoms with Crippen LogP contribution in [0, 0.1) is 0 Å². The highest BCUT2D eigenvalue weighted by Gasteiger charge is 2.50. The van der Waals surface area contributed by atoms with Crippen molar-refractivity contribution in [2.75, 3.05) is 19.8 Å². The van der Waals surface area contributed by atoms with Crippen LogP contribution in [0.5, 0.6) is 0 Å². The van der Waals surface area contributed by atoms with E-state index in [2.05, 4.69) is 0 Å². The van der Waals surface area contributed by atoms with E-state index in [1.165, 1.54) is 6.08 Å². The van der Waals surface area contributed by atoms with Crippen molar-refractivity contribution < 1.29 is 28.5 Å². The number of carbonyl (C=O) groups excluding carboxylic acids is 2. The number of esters is 1. The fourth-order valence-corrected chi connectivity index (χ4v) is 3.68. The summed E-state index contributed by atoms with van der Waals surface area (Å²) < 4.78 is 22.2. The Morgan fingerprint density at radius 1 is 1.36 bits per heavy atom. The number of nitrogens with zero attached hydrogens (tertiary/aromatic N) is 1. The number of ether oxygens (including phenoxy) is 4. The number of rotatable bonds is 4. The summed E-state index contributed by atoms with van der Waals surface area (Å²) in [7, 11) is 0. The second kappa shape index (κ2) is 6.96. The molecule has 0 aromatic heterocycles. The molecule has 1 amide bonds. The summed E-state index contributed by atoms with van der Waals surface area (Å²) in [6, 6.07) is -0.230. The van der Waals surface area contributed by atoms with E-state index in [9.17, 15) is 9.59 Å². The Bertz CT molecular complexity index is 548. The average Bonchev–Trinajstić information content (AvgIpc) is 3.25. The second-order valence-corrected chi connectivity index (χ2v) is 7.75. The summed E-state index contributed by atoms with van der Waals surface area (Å²) >= 11 is 0. The fraction of sp³-hybridized carbons (Fsp3) is 0.778.